The van der Waals surface area contributed by atoms with Crippen LogP contribution in [0.5, 0.6) is 0 Å². The first-order valence-corrected chi connectivity index (χ1v) is 6.03. The zero-order valence-corrected chi connectivity index (χ0v) is 10.0. The predicted octanol–water partition coefficient (Wildman–Crippen LogP) is 2.63. The van der Waals surface area contributed by atoms with Crippen molar-refractivity contribution in [2.45, 2.75) is 25.3 Å². The molecular formula is C13H12F3N3. The van der Waals surface area contributed by atoms with Crippen LogP contribution in [-0.2, 0) is 6.54 Å². The van der Waals surface area contributed by atoms with E-state index in [1.807, 2.05) is 0 Å². The fraction of sp³-hybridized carbons (Fsp3) is 0.308. The number of halogens is 3. The molecule has 1 aromatic heterocycles. The van der Waals surface area contributed by atoms with Crippen LogP contribution in [0.3, 0.4) is 0 Å². The van der Waals surface area contributed by atoms with E-state index < -0.39 is 17.5 Å². The van der Waals surface area contributed by atoms with Crippen molar-refractivity contribution in [3.8, 4) is 5.69 Å². The van der Waals surface area contributed by atoms with Gasteiger partial charge in [-0.25, -0.2) is 17.9 Å². The third-order valence-electron chi connectivity index (χ3n) is 3.29. The number of rotatable bonds is 3. The van der Waals surface area contributed by atoms with E-state index in [4.69, 9.17) is 5.73 Å². The van der Waals surface area contributed by atoms with Gasteiger partial charge >= 0.3 is 0 Å². The standard InChI is InChI=1S/C13H12F3N3/c14-9-3-11(16)12(4-10(9)15)19-13(7-1-2-7)8(5-17)6-18-19/h3-4,6-7H,1-2,5,17H2. The quantitative estimate of drug-likeness (QED) is 0.869. The maximum absolute atomic E-state index is 13.8. The summed E-state index contributed by atoms with van der Waals surface area (Å²) in [5, 5.41) is 4.06. The smallest absolute Gasteiger partial charge is 0.161 e. The molecule has 100 valence electrons. The number of aromatic nitrogens is 2. The van der Waals surface area contributed by atoms with Gasteiger partial charge in [0.25, 0.3) is 0 Å². The molecular weight excluding hydrogens is 255 g/mol. The van der Waals surface area contributed by atoms with Crippen LogP contribution in [0.25, 0.3) is 5.69 Å². The molecule has 1 aromatic carbocycles. The Hall–Kier alpha value is -1.82. The highest BCUT2D eigenvalue weighted by molar-refractivity contribution is 5.39. The maximum atomic E-state index is 13.8. The molecule has 1 aliphatic carbocycles. The first-order valence-electron chi connectivity index (χ1n) is 6.03. The molecule has 1 aliphatic rings. The third-order valence-corrected chi connectivity index (χ3v) is 3.29. The Labute approximate surface area is 107 Å². The normalized spacial score (nSPS) is 14.9. The van der Waals surface area contributed by atoms with Crippen LogP contribution in [-0.4, -0.2) is 9.78 Å². The van der Waals surface area contributed by atoms with Crippen LogP contribution in [0.1, 0.15) is 30.0 Å². The Bertz CT molecular complexity index is 632. The highest BCUT2D eigenvalue weighted by atomic mass is 19.2. The predicted molar refractivity (Wildman–Crippen MR) is 63.3 cm³/mol. The van der Waals surface area contributed by atoms with Crippen molar-refractivity contribution in [2.75, 3.05) is 0 Å². The summed E-state index contributed by atoms with van der Waals surface area (Å²) in [5.74, 6) is -2.87. The molecule has 3 nitrogen and oxygen atoms in total. The summed E-state index contributed by atoms with van der Waals surface area (Å²) in [6.07, 6.45) is 3.50. The van der Waals surface area contributed by atoms with E-state index >= 15 is 0 Å². The van der Waals surface area contributed by atoms with E-state index in [0.717, 1.165) is 30.2 Å². The number of nitrogens with zero attached hydrogens (tertiary/aromatic N) is 2. The second kappa shape index (κ2) is 4.38. The van der Waals surface area contributed by atoms with Crippen molar-refractivity contribution in [3.05, 3.63) is 47.0 Å². The Morgan fingerprint density at radius 3 is 2.47 bits per heavy atom. The molecule has 0 saturated heterocycles. The molecule has 0 amide bonds. The molecule has 1 saturated carbocycles. The van der Waals surface area contributed by atoms with Gasteiger partial charge in [-0.15, -0.1) is 0 Å². The van der Waals surface area contributed by atoms with Gasteiger partial charge in [-0.3, -0.25) is 0 Å². The maximum Gasteiger partial charge on any atom is 0.161 e. The molecule has 3 rings (SSSR count). The van der Waals surface area contributed by atoms with Gasteiger partial charge in [0, 0.05) is 30.2 Å². The Balaban J connectivity index is 2.17. The van der Waals surface area contributed by atoms with E-state index in [9.17, 15) is 13.2 Å². The Morgan fingerprint density at radius 1 is 1.16 bits per heavy atom. The van der Waals surface area contributed by atoms with E-state index in [1.54, 1.807) is 6.20 Å². The van der Waals surface area contributed by atoms with Crippen molar-refractivity contribution in [3.63, 3.8) is 0 Å². The average Bonchev–Trinajstić information content (AvgIpc) is 3.13. The van der Waals surface area contributed by atoms with E-state index in [0.29, 0.717) is 6.07 Å². The molecule has 0 unspecified atom stereocenters. The molecule has 1 heterocycles. The largest absolute Gasteiger partial charge is 0.326 e. The van der Waals surface area contributed by atoms with Crippen LogP contribution in [0.2, 0.25) is 0 Å². The second-order valence-corrected chi connectivity index (χ2v) is 4.66. The SMILES string of the molecule is NCc1cnn(-c2cc(F)c(F)cc2F)c1C1CC1. The molecule has 2 aromatic rings. The van der Waals surface area contributed by atoms with Crippen molar-refractivity contribution < 1.29 is 13.2 Å². The van der Waals surface area contributed by atoms with Crippen LogP contribution < -0.4 is 5.73 Å². The first-order chi connectivity index (χ1) is 9.11. The minimum Gasteiger partial charge on any atom is -0.326 e. The highest BCUT2D eigenvalue weighted by Gasteiger charge is 2.31. The summed E-state index contributed by atoms with van der Waals surface area (Å²) in [7, 11) is 0. The van der Waals surface area contributed by atoms with Gasteiger partial charge in [-0.2, -0.15) is 5.10 Å². The van der Waals surface area contributed by atoms with E-state index in [2.05, 4.69) is 5.10 Å². The van der Waals surface area contributed by atoms with Gasteiger partial charge in [0.2, 0.25) is 0 Å². The van der Waals surface area contributed by atoms with Gasteiger partial charge in [0.1, 0.15) is 5.69 Å². The van der Waals surface area contributed by atoms with Gasteiger partial charge in [-0.05, 0) is 12.8 Å². The molecule has 6 heteroatoms. The van der Waals surface area contributed by atoms with Crippen LogP contribution in [0.15, 0.2) is 18.3 Å². The van der Waals surface area contributed by atoms with Gasteiger partial charge in [0.05, 0.1) is 11.9 Å². The monoisotopic (exact) mass is 267 g/mol. The number of hydrogen-bond acceptors (Lipinski definition) is 2. The summed E-state index contributed by atoms with van der Waals surface area (Å²) < 4.78 is 41.4. The molecule has 0 atom stereocenters. The lowest BCUT2D eigenvalue weighted by atomic mass is 10.1. The summed E-state index contributed by atoms with van der Waals surface area (Å²) in [6, 6.07) is 1.36. The zero-order chi connectivity index (χ0) is 13.6. The van der Waals surface area contributed by atoms with Crippen LogP contribution in [0.4, 0.5) is 13.2 Å². The lowest BCUT2D eigenvalue weighted by Crippen LogP contribution is -2.07. The minimum atomic E-state index is -1.21. The van der Waals surface area contributed by atoms with Gasteiger partial charge < -0.3 is 5.73 Å². The number of benzene rings is 1. The van der Waals surface area contributed by atoms with Gasteiger partial charge in [-0.1, -0.05) is 0 Å². The number of nitrogens with two attached hydrogens (primary N) is 1. The molecule has 0 spiro atoms. The second-order valence-electron chi connectivity index (χ2n) is 4.66. The highest BCUT2D eigenvalue weighted by Crippen LogP contribution is 2.42. The van der Waals surface area contributed by atoms with Crippen molar-refractivity contribution >= 4 is 0 Å². The molecule has 0 radical (unpaired) electrons. The minimum absolute atomic E-state index is 0.0829. The summed E-state index contributed by atoms with van der Waals surface area (Å²) >= 11 is 0. The summed E-state index contributed by atoms with van der Waals surface area (Å²) in [4.78, 5) is 0. The lowest BCUT2D eigenvalue weighted by Gasteiger charge is -2.09. The third kappa shape index (κ3) is 2.02. The molecule has 19 heavy (non-hydrogen) atoms. The molecule has 1 fully saturated rings. The Kier molecular flexibility index (Phi) is 2.82. The molecule has 2 N–H and O–H groups in total. The Morgan fingerprint density at radius 2 is 1.84 bits per heavy atom. The van der Waals surface area contributed by atoms with Crippen molar-refractivity contribution in [1.29, 1.82) is 0 Å². The molecule has 0 aliphatic heterocycles. The summed E-state index contributed by atoms with van der Waals surface area (Å²) in [6.45, 7) is 0.289. The van der Waals surface area contributed by atoms with Crippen molar-refractivity contribution in [2.24, 2.45) is 5.73 Å². The van der Waals surface area contributed by atoms with Gasteiger partial charge in [0.15, 0.2) is 17.5 Å². The van der Waals surface area contributed by atoms with E-state index in [-0.39, 0.29) is 18.2 Å². The average molecular weight is 267 g/mol. The topological polar surface area (TPSA) is 43.8 Å². The molecule has 0 bridgehead atoms. The van der Waals surface area contributed by atoms with Crippen LogP contribution in [0, 0.1) is 17.5 Å². The van der Waals surface area contributed by atoms with Crippen molar-refractivity contribution in [1.82, 2.24) is 9.78 Å². The fourth-order valence-electron chi connectivity index (χ4n) is 2.21. The zero-order valence-electron chi connectivity index (χ0n) is 10.0. The number of hydrogen-bond donors (Lipinski definition) is 1. The summed E-state index contributed by atoms with van der Waals surface area (Å²) in [5.41, 5.74) is 7.15. The lowest BCUT2D eigenvalue weighted by molar-refractivity contribution is 0.491. The van der Waals surface area contributed by atoms with Crippen LogP contribution >= 0.6 is 0 Å². The first kappa shape index (κ1) is 12.2. The van der Waals surface area contributed by atoms with E-state index in [1.165, 1.54) is 4.68 Å². The fourth-order valence-corrected chi connectivity index (χ4v) is 2.21.